The van der Waals surface area contributed by atoms with Crippen LogP contribution in [0.3, 0.4) is 0 Å². The third kappa shape index (κ3) is 2.93. The van der Waals surface area contributed by atoms with Crippen LogP contribution < -0.4 is 10.6 Å². The molecule has 2 amide bonds. The largest absolute Gasteiger partial charge is 0.351 e. The molecule has 0 radical (unpaired) electrons. The second-order valence-corrected chi connectivity index (χ2v) is 9.33. The summed E-state index contributed by atoms with van der Waals surface area (Å²) in [6.45, 7) is 0. The second-order valence-electron chi connectivity index (χ2n) is 9.33. The fraction of sp³-hybridized carbons (Fsp3) is 0.636. The standard InChI is InChI=1S/C22H28N2O2/c25-20(24-22-11-14-7-15(12-22)9-16(8-14)13-22)6-5-18-10-17-3-1-2-4-19(17)23-21(18)26/h1-4,14-16,18H,5-13H2,(H,23,26)(H,24,25)/t14?,15?,16?,18-,22?/m0/s1. The van der Waals surface area contributed by atoms with E-state index < -0.39 is 0 Å². The molecule has 2 N–H and O–H groups in total. The van der Waals surface area contributed by atoms with Gasteiger partial charge in [0.2, 0.25) is 11.8 Å². The maximum atomic E-state index is 12.7. The van der Waals surface area contributed by atoms with Crippen molar-refractivity contribution in [1.29, 1.82) is 0 Å². The van der Waals surface area contributed by atoms with Gasteiger partial charge in [-0.05, 0) is 80.8 Å². The van der Waals surface area contributed by atoms with Gasteiger partial charge in [0.15, 0.2) is 0 Å². The molecule has 1 aromatic rings. The Hall–Kier alpha value is -1.84. The molecule has 6 rings (SSSR count). The maximum Gasteiger partial charge on any atom is 0.227 e. The highest BCUT2D eigenvalue weighted by atomic mass is 16.2. The molecule has 1 heterocycles. The van der Waals surface area contributed by atoms with Crippen molar-refractivity contribution in [1.82, 2.24) is 5.32 Å². The zero-order valence-electron chi connectivity index (χ0n) is 15.3. The number of anilines is 1. The molecule has 4 bridgehead atoms. The fourth-order valence-electron chi connectivity index (χ4n) is 6.57. The van der Waals surface area contributed by atoms with Gasteiger partial charge in [-0.1, -0.05) is 18.2 Å². The minimum atomic E-state index is -0.0907. The number of hydrogen-bond donors (Lipinski definition) is 2. The van der Waals surface area contributed by atoms with Crippen LogP contribution in [-0.2, 0) is 16.0 Å². The molecule has 0 saturated heterocycles. The number of benzene rings is 1. The molecular weight excluding hydrogens is 324 g/mol. The van der Waals surface area contributed by atoms with Gasteiger partial charge in [-0.3, -0.25) is 9.59 Å². The summed E-state index contributed by atoms with van der Waals surface area (Å²) >= 11 is 0. The lowest BCUT2D eigenvalue weighted by Crippen LogP contribution is -2.59. The maximum absolute atomic E-state index is 12.7. The Balaban J connectivity index is 1.19. The van der Waals surface area contributed by atoms with Crippen LogP contribution in [-0.4, -0.2) is 17.4 Å². The minimum absolute atomic E-state index is 0.0614. The summed E-state index contributed by atoms with van der Waals surface area (Å²) in [6, 6.07) is 7.96. The number of hydrogen-bond acceptors (Lipinski definition) is 2. The van der Waals surface area contributed by atoms with Gasteiger partial charge < -0.3 is 10.6 Å². The van der Waals surface area contributed by atoms with Gasteiger partial charge in [0.05, 0.1) is 0 Å². The first-order chi connectivity index (χ1) is 12.6. The zero-order valence-corrected chi connectivity index (χ0v) is 15.3. The lowest BCUT2D eigenvalue weighted by Gasteiger charge is -2.57. The Morgan fingerprint density at radius 3 is 2.42 bits per heavy atom. The van der Waals surface area contributed by atoms with E-state index in [-0.39, 0.29) is 23.3 Å². The highest BCUT2D eigenvalue weighted by Gasteiger charge is 2.51. The summed E-state index contributed by atoms with van der Waals surface area (Å²) < 4.78 is 0. The Kier molecular flexibility index (Phi) is 3.84. The Morgan fingerprint density at radius 1 is 1.08 bits per heavy atom. The summed E-state index contributed by atoms with van der Waals surface area (Å²) in [5, 5.41) is 6.42. The van der Waals surface area contributed by atoms with E-state index in [1.54, 1.807) is 0 Å². The smallest absolute Gasteiger partial charge is 0.227 e. The summed E-state index contributed by atoms with van der Waals surface area (Å²) in [5.41, 5.74) is 2.18. The van der Waals surface area contributed by atoms with Gasteiger partial charge in [0.1, 0.15) is 0 Å². The van der Waals surface area contributed by atoms with E-state index in [0.717, 1.165) is 29.9 Å². The molecule has 1 atom stereocenters. The molecule has 4 aliphatic carbocycles. The lowest BCUT2D eigenvalue weighted by atomic mass is 9.53. The van der Waals surface area contributed by atoms with Gasteiger partial charge in [-0.15, -0.1) is 0 Å². The van der Waals surface area contributed by atoms with E-state index in [1.165, 1.54) is 44.1 Å². The first-order valence-corrected chi connectivity index (χ1v) is 10.3. The van der Waals surface area contributed by atoms with Crippen LogP contribution in [0.15, 0.2) is 24.3 Å². The second kappa shape index (κ2) is 6.11. The molecule has 4 fully saturated rings. The van der Waals surface area contributed by atoms with Crippen molar-refractivity contribution in [3.63, 3.8) is 0 Å². The molecule has 0 aromatic heterocycles. The Bertz CT molecular complexity index is 706. The highest BCUT2D eigenvalue weighted by Crippen LogP contribution is 2.55. The van der Waals surface area contributed by atoms with E-state index in [9.17, 15) is 9.59 Å². The molecule has 4 nitrogen and oxygen atoms in total. The number of amides is 2. The third-order valence-electron chi connectivity index (χ3n) is 7.28. The normalized spacial score (nSPS) is 37.2. The van der Waals surface area contributed by atoms with Crippen molar-refractivity contribution >= 4 is 17.5 Å². The first-order valence-electron chi connectivity index (χ1n) is 10.3. The van der Waals surface area contributed by atoms with Crippen LogP contribution in [0.2, 0.25) is 0 Å². The van der Waals surface area contributed by atoms with Crippen molar-refractivity contribution in [2.45, 2.75) is 63.3 Å². The quantitative estimate of drug-likeness (QED) is 0.869. The molecule has 4 saturated carbocycles. The van der Waals surface area contributed by atoms with Crippen molar-refractivity contribution in [2.75, 3.05) is 5.32 Å². The summed E-state index contributed by atoms with van der Waals surface area (Å²) in [7, 11) is 0. The molecule has 4 heteroatoms. The summed E-state index contributed by atoms with van der Waals surface area (Å²) in [5.74, 6) is 2.63. The van der Waals surface area contributed by atoms with Crippen LogP contribution in [0, 0.1) is 23.7 Å². The number of nitrogens with one attached hydrogen (secondary N) is 2. The van der Waals surface area contributed by atoms with Crippen molar-refractivity contribution in [3.05, 3.63) is 29.8 Å². The SMILES string of the molecule is O=C(CC[C@H]1Cc2ccccc2NC1=O)NC12CC3CC(CC(C3)C1)C2. The number of para-hydroxylation sites is 1. The zero-order chi connectivity index (χ0) is 17.7. The van der Waals surface area contributed by atoms with Crippen molar-refractivity contribution in [2.24, 2.45) is 23.7 Å². The van der Waals surface area contributed by atoms with Gasteiger partial charge in [-0.2, -0.15) is 0 Å². The lowest BCUT2D eigenvalue weighted by molar-refractivity contribution is -0.127. The van der Waals surface area contributed by atoms with Gasteiger partial charge in [0.25, 0.3) is 0 Å². The van der Waals surface area contributed by atoms with Gasteiger partial charge in [0, 0.05) is 23.6 Å². The molecular formula is C22H28N2O2. The average Bonchev–Trinajstić information content (AvgIpc) is 2.58. The number of carbonyl (C=O) groups excluding carboxylic acids is 2. The van der Waals surface area contributed by atoms with Crippen LogP contribution in [0.4, 0.5) is 5.69 Å². The van der Waals surface area contributed by atoms with Crippen LogP contribution >= 0.6 is 0 Å². The van der Waals surface area contributed by atoms with E-state index in [4.69, 9.17) is 0 Å². The van der Waals surface area contributed by atoms with Crippen LogP contribution in [0.5, 0.6) is 0 Å². The van der Waals surface area contributed by atoms with Crippen LogP contribution in [0.1, 0.15) is 56.9 Å². The molecule has 0 unspecified atom stereocenters. The van der Waals surface area contributed by atoms with E-state index in [0.29, 0.717) is 12.8 Å². The molecule has 138 valence electrons. The monoisotopic (exact) mass is 352 g/mol. The molecule has 26 heavy (non-hydrogen) atoms. The molecule has 1 aromatic carbocycles. The van der Waals surface area contributed by atoms with Gasteiger partial charge in [-0.25, -0.2) is 0 Å². The summed E-state index contributed by atoms with van der Waals surface area (Å²) in [6.07, 6.45) is 9.55. The number of fused-ring (bicyclic) bond motifs is 1. The van der Waals surface area contributed by atoms with Crippen molar-refractivity contribution in [3.8, 4) is 0 Å². The van der Waals surface area contributed by atoms with E-state index in [1.807, 2.05) is 18.2 Å². The Labute approximate surface area is 155 Å². The average molecular weight is 352 g/mol. The predicted molar refractivity (Wildman–Crippen MR) is 101 cm³/mol. The fourth-order valence-corrected chi connectivity index (χ4v) is 6.57. The van der Waals surface area contributed by atoms with E-state index >= 15 is 0 Å². The predicted octanol–water partition coefficient (Wildman–Crippen LogP) is 3.66. The van der Waals surface area contributed by atoms with Gasteiger partial charge >= 0.3 is 0 Å². The number of rotatable bonds is 4. The summed E-state index contributed by atoms with van der Waals surface area (Å²) in [4.78, 5) is 25.0. The Morgan fingerprint density at radius 2 is 1.73 bits per heavy atom. The highest BCUT2D eigenvalue weighted by molar-refractivity contribution is 5.96. The number of carbonyl (C=O) groups is 2. The molecule has 0 spiro atoms. The van der Waals surface area contributed by atoms with Crippen molar-refractivity contribution < 1.29 is 9.59 Å². The van der Waals surface area contributed by atoms with E-state index in [2.05, 4.69) is 16.7 Å². The minimum Gasteiger partial charge on any atom is -0.351 e. The topological polar surface area (TPSA) is 58.2 Å². The molecule has 1 aliphatic heterocycles. The third-order valence-corrected chi connectivity index (χ3v) is 7.28. The van der Waals surface area contributed by atoms with Crippen LogP contribution in [0.25, 0.3) is 0 Å². The molecule has 5 aliphatic rings. The first kappa shape index (κ1) is 16.3.